The van der Waals surface area contributed by atoms with Crippen molar-refractivity contribution in [3.05, 3.63) is 96.2 Å². The van der Waals surface area contributed by atoms with Crippen molar-refractivity contribution in [2.24, 2.45) is 0 Å². The number of aromatic nitrogens is 1. The van der Waals surface area contributed by atoms with Gasteiger partial charge in [-0.2, -0.15) is 0 Å². The lowest BCUT2D eigenvalue weighted by Gasteiger charge is -2.24. The highest BCUT2D eigenvalue weighted by Gasteiger charge is 2.22. The molecule has 5 aromatic rings. The van der Waals surface area contributed by atoms with Crippen LogP contribution in [0.2, 0.25) is 0 Å². The van der Waals surface area contributed by atoms with Crippen LogP contribution in [0.5, 0.6) is 23.0 Å². The number of carbonyl (C=O) groups is 2. The van der Waals surface area contributed by atoms with E-state index in [2.05, 4.69) is 56.6 Å². The fourth-order valence-corrected chi connectivity index (χ4v) is 7.02. The number of nitrogens with one attached hydrogen (secondary N) is 5. The number of amides is 3. The van der Waals surface area contributed by atoms with Crippen LogP contribution in [0.4, 0.5) is 33.4 Å². The molecule has 1 atom stereocenters. The van der Waals surface area contributed by atoms with Crippen molar-refractivity contribution in [1.82, 2.24) is 15.2 Å². The number of hydrogen-bond donors (Lipinski definition) is 5. The second-order valence-electron chi connectivity index (χ2n) is 14.5. The molecule has 0 spiro atoms. The first kappa shape index (κ1) is 39.8. The Labute approximate surface area is 330 Å². The Kier molecular flexibility index (Phi) is 12.6. The van der Waals surface area contributed by atoms with Gasteiger partial charge in [0.05, 0.1) is 36.8 Å². The number of carbonyl (C=O) groups excluding carboxylic acids is 2. The molecule has 3 amide bonds. The number of nitrogens with zero attached hydrogens (tertiary/aromatic N) is 2. The summed E-state index contributed by atoms with van der Waals surface area (Å²) >= 11 is 0. The summed E-state index contributed by atoms with van der Waals surface area (Å²) in [5.41, 5.74) is 3.32. The van der Waals surface area contributed by atoms with Crippen LogP contribution in [-0.4, -0.2) is 72.7 Å². The van der Waals surface area contributed by atoms with Crippen LogP contribution in [0, 0.1) is 0 Å². The van der Waals surface area contributed by atoms with E-state index >= 15 is 0 Å². The summed E-state index contributed by atoms with van der Waals surface area (Å²) < 4.78 is 32.6. The van der Waals surface area contributed by atoms with Crippen molar-refractivity contribution in [2.45, 2.75) is 39.0 Å². The number of fused-ring (bicyclic) bond motifs is 1. The SMILES string of the molecule is COc1cc(Nc2cc(Oc3ccc(NC(=O)Nc4cc(C(C)(C)C)cc(NS(C)=O)c4OC)c4ccccc34)ccn2)ccc1C(=O)NCCN1CCCC1. The summed E-state index contributed by atoms with van der Waals surface area (Å²) in [7, 11) is 1.68. The summed E-state index contributed by atoms with van der Waals surface area (Å²) in [6, 6.07) is 23.3. The molecule has 2 heterocycles. The number of likely N-dealkylation sites (tertiary alicyclic amines) is 1. The largest absolute Gasteiger partial charge is 0.496 e. The Morgan fingerprint density at radius 1 is 0.839 bits per heavy atom. The highest BCUT2D eigenvalue weighted by atomic mass is 32.2. The van der Waals surface area contributed by atoms with Gasteiger partial charge in [-0.3, -0.25) is 4.79 Å². The lowest BCUT2D eigenvalue weighted by atomic mass is 9.86. The smallest absolute Gasteiger partial charge is 0.323 e. The van der Waals surface area contributed by atoms with Crippen LogP contribution < -0.4 is 40.2 Å². The van der Waals surface area contributed by atoms with Gasteiger partial charge in [-0.15, -0.1) is 0 Å². The van der Waals surface area contributed by atoms with Crippen molar-refractivity contribution in [3.8, 4) is 23.0 Å². The molecular weight excluding hydrogens is 731 g/mol. The number of pyridine rings is 1. The minimum absolute atomic E-state index is 0.181. The average Bonchev–Trinajstić information content (AvgIpc) is 3.69. The third-order valence-electron chi connectivity index (χ3n) is 9.38. The minimum atomic E-state index is -1.36. The molecule has 294 valence electrons. The molecule has 4 aromatic carbocycles. The molecule has 56 heavy (non-hydrogen) atoms. The number of rotatable bonds is 14. The predicted octanol–water partition coefficient (Wildman–Crippen LogP) is 8.26. The molecular formula is C42H49N7O6S. The second-order valence-corrected chi connectivity index (χ2v) is 15.6. The fraction of sp³-hybridized carbons (Fsp3) is 0.310. The van der Waals surface area contributed by atoms with Gasteiger partial charge >= 0.3 is 6.03 Å². The van der Waals surface area contributed by atoms with E-state index in [4.69, 9.17) is 14.2 Å². The Hall–Kier alpha value is -5.86. The number of ether oxygens (including phenoxy) is 3. The highest BCUT2D eigenvalue weighted by molar-refractivity contribution is 7.85. The summed E-state index contributed by atoms with van der Waals surface area (Å²) in [6.45, 7) is 9.74. The summed E-state index contributed by atoms with van der Waals surface area (Å²) in [5, 5.41) is 13.7. The van der Waals surface area contributed by atoms with Crippen LogP contribution in [0.25, 0.3) is 10.8 Å². The Bertz CT molecular complexity index is 2240. The van der Waals surface area contributed by atoms with E-state index in [0.717, 1.165) is 36.0 Å². The Balaban J connectivity index is 1.15. The van der Waals surface area contributed by atoms with Crippen molar-refractivity contribution in [1.29, 1.82) is 0 Å². The quantitative estimate of drug-likeness (QED) is 0.0749. The summed E-state index contributed by atoms with van der Waals surface area (Å²) in [6.07, 6.45) is 5.59. The molecule has 0 bridgehead atoms. The van der Waals surface area contributed by atoms with E-state index in [1.165, 1.54) is 26.2 Å². The lowest BCUT2D eigenvalue weighted by Crippen LogP contribution is -2.33. The monoisotopic (exact) mass is 779 g/mol. The molecule has 1 fully saturated rings. The Morgan fingerprint density at radius 2 is 1.57 bits per heavy atom. The third-order valence-corrected chi connectivity index (χ3v) is 9.89. The zero-order valence-electron chi connectivity index (χ0n) is 32.6. The number of anilines is 5. The van der Waals surface area contributed by atoms with E-state index in [1.54, 1.807) is 49.7 Å². The lowest BCUT2D eigenvalue weighted by molar-refractivity contribution is 0.0946. The van der Waals surface area contributed by atoms with Gasteiger partial charge in [-0.25, -0.2) is 14.0 Å². The highest BCUT2D eigenvalue weighted by Crippen LogP contribution is 2.40. The van der Waals surface area contributed by atoms with Gasteiger partial charge in [-0.1, -0.05) is 45.0 Å². The number of benzene rings is 4. The van der Waals surface area contributed by atoms with Crippen LogP contribution in [0.15, 0.2) is 85.1 Å². The molecule has 1 unspecified atom stereocenters. The zero-order valence-corrected chi connectivity index (χ0v) is 33.4. The van der Waals surface area contributed by atoms with Gasteiger partial charge in [0, 0.05) is 54.1 Å². The van der Waals surface area contributed by atoms with E-state index in [0.29, 0.717) is 63.7 Å². The van der Waals surface area contributed by atoms with E-state index in [9.17, 15) is 13.8 Å². The van der Waals surface area contributed by atoms with Gasteiger partial charge < -0.3 is 45.1 Å². The van der Waals surface area contributed by atoms with E-state index in [1.807, 2.05) is 42.5 Å². The second kappa shape index (κ2) is 17.7. The van der Waals surface area contributed by atoms with E-state index < -0.39 is 17.0 Å². The molecule has 1 aliphatic heterocycles. The van der Waals surface area contributed by atoms with Gasteiger partial charge in [0.25, 0.3) is 5.91 Å². The van der Waals surface area contributed by atoms with Crippen molar-refractivity contribution in [3.63, 3.8) is 0 Å². The number of urea groups is 1. The zero-order chi connectivity index (χ0) is 39.8. The molecule has 14 heteroatoms. The first-order chi connectivity index (χ1) is 26.9. The first-order valence-electron chi connectivity index (χ1n) is 18.4. The number of methoxy groups -OCH3 is 2. The molecule has 1 saturated heterocycles. The molecule has 0 aliphatic carbocycles. The molecule has 6 rings (SSSR count). The molecule has 1 aromatic heterocycles. The predicted molar refractivity (Wildman–Crippen MR) is 225 cm³/mol. The molecule has 1 aliphatic rings. The van der Waals surface area contributed by atoms with E-state index in [-0.39, 0.29) is 11.3 Å². The standard InChI is InChI=1S/C42H49N7O6S/c1-42(2,3)27-23-34(39(54-5)35(24-27)48-56(6)52)47-41(51)46-33-15-16-36(31-12-8-7-11-30(31)33)55-29-17-18-43-38(26-29)45-28-13-14-32(37(25-28)53-4)40(50)44-19-22-49-20-9-10-21-49/h7-8,11-18,23-26,48H,9-10,19-22H2,1-6H3,(H,43,45)(H,44,50)(H2,46,47,51). The fourth-order valence-electron chi connectivity index (χ4n) is 6.55. The maximum atomic E-state index is 13.5. The number of hydrogen-bond acceptors (Lipinski definition) is 9. The van der Waals surface area contributed by atoms with Gasteiger partial charge in [0.15, 0.2) is 5.75 Å². The van der Waals surface area contributed by atoms with Crippen LogP contribution >= 0.6 is 0 Å². The minimum Gasteiger partial charge on any atom is -0.496 e. The van der Waals surface area contributed by atoms with Crippen LogP contribution in [0.1, 0.15) is 49.5 Å². The van der Waals surface area contributed by atoms with Crippen LogP contribution in [-0.2, 0) is 16.4 Å². The summed E-state index contributed by atoms with van der Waals surface area (Å²) in [5.74, 6) is 2.28. The van der Waals surface area contributed by atoms with Crippen molar-refractivity contribution < 1.29 is 28.0 Å². The Morgan fingerprint density at radius 3 is 2.29 bits per heavy atom. The van der Waals surface area contributed by atoms with Gasteiger partial charge in [0.2, 0.25) is 0 Å². The molecule has 0 saturated carbocycles. The summed E-state index contributed by atoms with van der Waals surface area (Å²) in [4.78, 5) is 33.2. The van der Waals surface area contributed by atoms with Gasteiger partial charge in [-0.05, 0) is 79.4 Å². The molecule has 0 radical (unpaired) electrons. The first-order valence-corrected chi connectivity index (χ1v) is 20.0. The average molecular weight is 780 g/mol. The van der Waals surface area contributed by atoms with Crippen molar-refractivity contribution >= 4 is 62.3 Å². The van der Waals surface area contributed by atoms with Crippen LogP contribution in [0.3, 0.4) is 0 Å². The maximum Gasteiger partial charge on any atom is 0.323 e. The van der Waals surface area contributed by atoms with Crippen molar-refractivity contribution in [2.75, 3.05) is 67.3 Å². The molecule has 13 nitrogen and oxygen atoms in total. The maximum absolute atomic E-state index is 13.5. The third kappa shape index (κ3) is 9.86. The van der Waals surface area contributed by atoms with Gasteiger partial charge in [0.1, 0.15) is 34.1 Å². The normalized spacial score (nSPS) is 13.5. The molecule has 5 N–H and O–H groups in total. The topological polar surface area (TPSA) is 155 Å².